The van der Waals surface area contributed by atoms with Gasteiger partial charge in [0.15, 0.2) is 6.61 Å². The van der Waals surface area contributed by atoms with Gasteiger partial charge in [0.05, 0.1) is 30.8 Å². The molecule has 0 aliphatic rings. The molecule has 0 saturated carbocycles. The molecular weight excluding hydrogens is 468 g/mol. The van der Waals surface area contributed by atoms with Crippen LogP contribution in [0.25, 0.3) is 0 Å². The number of anilines is 2. The lowest BCUT2D eigenvalue weighted by Crippen LogP contribution is -2.22. The largest absolute Gasteiger partial charge is 0.462 e. The van der Waals surface area contributed by atoms with Gasteiger partial charge in [-0.1, -0.05) is 19.9 Å². The van der Waals surface area contributed by atoms with E-state index in [4.69, 9.17) is 14.2 Å². The molecule has 10 nitrogen and oxygen atoms in total. The van der Waals surface area contributed by atoms with Gasteiger partial charge in [0.2, 0.25) is 5.91 Å². The summed E-state index contributed by atoms with van der Waals surface area (Å²) in [4.78, 5) is 59.8. The molecule has 0 bridgehead atoms. The Morgan fingerprint density at radius 3 is 2.08 bits per heavy atom. The van der Waals surface area contributed by atoms with Gasteiger partial charge in [-0.25, -0.2) is 9.59 Å². The summed E-state index contributed by atoms with van der Waals surface area (Å²) in [5, 5.41) is 5.15. The molecule has 2 aromatic carbocycles. The van der Waals surface area contributed by atoms with Gasteiger partial charge < -0.3 is 24.8 Å². The van der Waals surface area contributed by atoms with Crippen LogP contribution in [-0.2, 0) is 28.6 Å². The molecule has 0 unspecified atom stereocenters. The van der Waals surface area contributed by atoms with Gasteiger partial charge in [-0.3, -0.25) is 14.4 Å². The van der Waals surface area contributed by atoms with Gasteiger partial charge in [0.25, 0.3) is 5.91 Å². The summed E-state index contributed by atoms with van der Waals surface area (Å²) in [7, 11) is 0. The fraction of sp³-hybridized carbons (Fsp3) is 0.346. The molecule has 192 valence electrons. The maximum Gasteiger partial charge on any atom is 0.338 e. The van der Waals surface area contributed by atoms with Crippen LogP contribution in [0, 0.1) is 5.92 Å². The van der Waals surface area contributed by atoms with Crippen LogP contribution in [-0.4, -0.2) is 49.5 Å². The van der Waals surface area contributed by atoms with E-state index >= 15 is 0 Å². The summed E-state index contributed by atoms with van der Waals surface area (Å²) >= 11 is 0. The molecule has 36 heavy (non-hydrogen) atoms. The number of benzene rings is 2. The van der Waals surface area contributed by atoms with Crippen molar-refractivity contribution in [2.24, 2.45) is 5.92 Å². The second kappa shape index (κ2) is 14.2. The second-order valence-corrected chi connectivity index (χ2v) is 8.13. The van der Waals surface area contributed by atoms with Crippen molar-refractivity contribution in [2.45, 2.75) is 33.6 Å². The second-order valence-electron chi connectivity index (χ2n) is 8.13. The fourth-order valence-corrected chi connectivity index (χ4v) is 2.81. The summed E-state index contributed by atoms with van der Waals surface area (Å²) in [5.41, 5.74) is 1.45. The van der Waals surface area contributed by atoms with Crippen LogP contribution >= 0.6 is 0 Å². The summed E-state index contributed by atoms with van der Waals surface area (Å²) in [5.74, 6) is -2.50. The lowest BCUT2D eigenvalue weighted by Gasteiger charge is -2.09. The van der Waals surface area contributed by atoms with E-state index in [0.29, 0.717) is 22.5 Å². The summed E-state index contributed by atoms with van der Waals surface area (Å²) in [6, 6.07) is 12.3. The minimum Gasteiger partial charge on any atom is -0.462 e. The molecule has 0 aromatic heterocycles. The van der Waals surface area contributed by atoms with Crippen LogP contribution in [0.5, 0.6) is 0 Å². The van der Waals surface area contributed by atoms with Gasteiger partial charge in [-0.05, 0) is 55.3 Å². The van der Waals surface area contributed by atoms with Gasteiger partial charge >= 0.3 is 17.9 Å². The highest BCUT2D eigenvalue weighted by Crippen LogP contribution is 2.14. The molecule has 0 heterocycles. The molecule has 2 amide bonds. The Morgan fingerprint density at radius 1 is 0.750 bits per heavy atom. The first-order valence-electron chi connectivity index (χ1n) is 11.5. The Hall–Kier alpha value is -4.21. The Balaban J connectivity index is 1.72. The molecule has 10 heteroatoms. The van der Waals surface area contributed by atoms with E-state index in [1.54, 1.807) is 25.1 Å². The maximum atomic E-state index is 12.2. The lowest BCUT2D eigenvalue weighted by molar-refractivity contribution is -0.147. The number of carbonyl (C=O) groups is 5. The smallest absolute Gasteiger partial charge is 0.338 e. The zero-order valence-electron chi connectivity index (χ0n) is 20.5. The van der Waals surface area contributed by atoms with E-state index in [1.807, 2.05) is 13.8 Å². The molecular formula is C26H30N2O8. The standard InChI is InChI=1S/C26H30N2O8/c1-4-34-25(32)18-8-10-20(11-9-18)27-23(30)16-35-24(31)13-12-22(29)28-21-7-5-6-19(14-21)26(33)36-15-17(2)3/h5-11,14,17H,4,12-13,15-16H2,1-3H3,(H,27,30)(H,28,29). The number of hydrogen-bond donors (Lipinski definition) is 2. The number of hydrogen-bond acceptors (Lipinski definition) is 8. The number of esters is 3. The van der Waals surface area contributed by atoms with Crippen molar-refractivity contribution >= 4 is 41.1 Å². The first-order chi connectivity index (χ1) is 17.2. The van der Waals surface area contributed by atoms with Gasteiger partial charge in [0, 0.05) is 17.8 Å². The van der Waals surface area contributed by atoms with E-state index in [0.717, 1.165) is 0 Å². The topological polar surface area (TPSA) is 137 Å². The quantitative estimate of drug-likeness (QED) is 0.335. The summed E-state index contributed by atoms with van der Waals surface area (Å²) in [6.07, 6.45) is -0.402. The van der Waals surface area contributed by atoms with Crippen LogP contribution in [0.4, 0.5) is 11.4 Å². The first kappa shape index (κ1) is 28.0. The molecule has 0 radical (unpaired) electrons. The van der Waals surface area contributed by atoms with Gasteiger partial charge in [-0.2, -0.15) is 0 Å². The number of rotatable bonds is 12. The van der Waals surface area contributed by atoms with Gasteiger partial charge in [-0.15, -0.1) is 0 Å². The monoisotopic (exact) mass is 498 g/mol. The van der Waals surface area contributed by atoms with E-state index in [1.165, 1.54) is 30.3 Å². The summed E-state index contributed by atoms with van der Waals surface area (Å²) < 4.78 is 15.0. The van der Waals surface area contributed by atoms with Crippen molar-refractivity contribution in [2.75, 3.05) is 30.5 Å². The van der Waals surface area contributed by atoms with E-state index in [-0.39, 0.29) is 32.0 Å². The van der Waals surface area contributed by atoms with Crippen molar-refractivity contribution < 1.29 is 38.2 Å². The highest BCUT2D eigenvalue weighted by molar-refractivity contribution is 5.96. The molecule has 0 atom stereocenters. The average Bonchev–Trinajstić information content (AvgIpc) is 2.85. The normalized spacial score (nSPS) is 10.3. The lowest BCUT2D eigenvalue weighted by atomic mass is 10.2. The molecule has 0 fully saturated rings. The Labute approximate surface area is 209 Å². The SMILES string of the molecule is CCOC(=O)c1ccc(NC(=O)COC(=O)CCC(=O)Nc2cccc(C(=O)OCC(C)C)c2)cc1. The van der Waals surface area contributed by atoms with Crippen LogP contribution < -0.4 is 10.6 Å². The Kier molecular flexibility index (Phi) is 11.1. The third kappa shape index (κ3) is 9.96. The Morgan fingerprint density at radius 2 is 1.42 bits per heavy atom. The zero-order chi connectivity index (χ0) is 26.5. The minimum atomic E-state index is -0.719. The molecule has 0 aliphatic heterocycles. The molecule has 2 rings (SSSR count). The van der Waals surface area contributed by atoms with Crippen LogP contribution in [0.3, 0.4) is 0 Å². The van der Waals surface area contributed by atoms with Crippen molar-refractivity contribution in [3.63, 3.8) is 0 Å². The summed E-state index contributed by atoms with van der Waals surface area (Å²) in [6.45, 7) is 5.57. The number of carbonyl (C=O) groups excluding carboxylic acids is 5. The third-order valence-corrected chi connectivity index (χ3v) is 4.53. The molecule has 0 aliphatic carbocycles. The van der Waals surface area contributed by atoms with E-state index < -0.39 is 36.3 Å². The number of ether oxygens (including phenoxy) is 3. The van der Waals surface area contributed by atoms with Crippen LogP contribution in [0.15, 0.2) is 48.5 Å². The van der Waals surface area contributed by atoms with Crippen LogP contribution in [0.2, 0.25) is 0 Å². The highest BCUT2D eigenvalue weighted by atomic mass is 16.5. The first-order valence-corrected chi connectivity index (χ1v) is 11.5. The van der Waals surface area contributed by atoms with Crippen molar-refractivity contribution in [3.8, 4) is 0 Å². The molecule has 0 saturated heterocycles. The minimum absolute atomic E-state index is 0.169. The Bertz CT molecular complexity index is 1080. The predicted molar refractivity (Wildman–Crippen MR) is 131 cm³/mol. The van der Waals surface area contributed by atoms with Crippen molar-refractivity contribution in [1.82, 2.24) is 0 Å². The fourth-order valence-electron chi connectivity index (χ4n) is 2.81. The van der Waals surface area contributed by atoms with Gasteiger partial charge in [0.1, 0.15) is 0 Å². The maximum absolute atomic E-state index is 12.2. The number of amides is 2. The molecule has 2 N–H and O–H groups in total. The van der Waals surface area contributed by atoms with E-state index in [9.17, 15) is 24.0 Å². The third-order valence-electron chi connectivity index (χ3n) is 4.53. The molecule has 0 spiro atoms. The predicted octanol–water partition coefficient (Wildman–Crippen LogP) is 3.58. The zero-order valence-corrected chi connectivity index (χ0v) is 20.5. The van der Waals surface area contributed by atoms with Crippen molar-refractivity contribution in [1.29, 1.82) is 0 Å². The van der Waals surface area contributed by atoms with Crippen LogP contribution in [0.1, 0.15) is 54.3 Å². The highest BCUT2D eigenvalue weighted by Gasteiger charge is 2.13. The average molecular weight is 499 g/mol. The van der Waals surface area contributed by atoms with Crippen molar-refractivity contribution in [3.05, 3.63) is 59.7 Å². The number of nitrogens with one attached hydrogen (secondary N) is 2. The van der Waals surface area contributed by atoms with E-state index in [2.05, 4.69) is 10.6 Å². The molecule has 2 aromatic rings.